The molecule has 1 aromatic carbocycles. The van der Waals surface area contributed by atoms with E-state index in [9.17, 15) is 4.79 Å². The van der Waals surface area contributed by atoms with Gasteiger partial charge in [-0.3, -0.25) is 4.79 Å². The van der Waals surface area contributed by atoms with E-state index in [-0.39, 0.29) is 5.41 Å². The summed E-state index contributed by atoms with van der Waals surface area (Å²) in [5.41, 5.74) is 0.430. The first-order chi connectivity index (χ1) is 8.21. The fourth-order valence-corrected chi connectivity index (χ4v) is 1.95. The summed E-state index contributed by atoms with van der Waals surface area (Å²) in [5, 5.41) is 9.14. The number of nitrogens with zero attached hydrogens (tertiary/aromatic N) is 1. The molecule has 0 N–H and O–H groups in total. The van der Waals surface area contributed by atoms with Gasteiger partial charge in [0.25, 0.3) is 0 Å². The van der Waals surface area contributed by atoms with E-state index in [1.165, 1.54) is 0 Å². The number of hydrogen-bond acceptors (Lipinski definition) is 3. The van der Waals surface area contributed by atoms with Gasteiger partial charge in [-0.2, -0.15) is 5.26 Å². The number of rotatable bonds is 5. The molecule has 1 aliphatic carbocycles. The molecule has 0 unspecified atom stereocenters. The predicted octanol–water partition coefficient (Wildman–Crippen LogP) is 3.23. The van der Waals surface area contributed by atoms with Gasteiger partial charge in [-0.15, -0.1) is 0 Å². The SMILES string of the molecule is N#CCC1(COc2c(Cl)cccc2C=O)CC1. The summed E-state index contributed by atoms with van der Waals surface area (Å²) in [6, 6.07) is 7.23. The summed E-state index contributed by atoms with van der Waals surface area (Å²) in [6.45, 7) is 0.450. The van der Waals surface area contributed by atoms with E-state index in [0.29, 0.717) is 29.4 Å². The first kappa shape index (κ1) is 11.9. The largest absolute Gasteiger partial charge is 0.491 e. The van der Waals surface area contributed by atoms with E-state index in [1.54, 1.807) is 18.2 Å². The Labute approximate surface area is 105 Å². The average Bonchev–Trinajstić information content (AvgIpc) is 3.08. The van der Waals surface area contributed by atoms with Crippen LogP contribution in [-0.4, -0.2) is 12.9 Å². The lowest BCUT2D eigenvalue weighted by Gasteiger charge is -2.15. The third kappa shape index (κ3) is 2.59. The van der Waals surface area contributed by atoms with Crippen molar-refractivity contribution in [1.29, 1.82) is 5.26 Å². The quantitative estimate of drug-likeness (QED) is 0.753. The third-order valence-corrected chi connectivity index (χ3v) is 3.36. The van der Waals surface area contributed by atoms with Gasteiger partial charge in [0, 0.05) is 11.8 Å². The number of hydrogen-bond donors (Lipinski definition) is 0. The molecule has 1 saturated carbocycles. The lowest BCUT2D eigenvalue weighted by Crippen LogP contribution is -2.13. The highest BCUT2D eigenvalue weighted by molar-refractivity contribution is 6.32. The van der Waals surface area contributed by atoms with Gasteiger partial charge in [0.2, 0.25) is 0 Å². The molecule has 1 aliphatic rings. The van der Waals surface area contributed by atoms with Crippen LogP contribution in [0.5, 0.6) is 5.75 Å². The van der Waals surface area contributed by atoms with Crippen molar-refractivity contribution in [3.8, 4) is 11.8 Å². The Morgan fingerprint density at radius 3 is 2.88 bits per heavy atom. The average molecular weight is 250 g/mol. The van der Waals surface area contributed by atoms with Gasteiger partial charge in [0.1, 0.15) is 5.75 Å². The van der Waals surface area contributed by atoms with E-state index in [1.807, 2.05) is 0 Å². The molecule has 0 amide bonds. The molecule has 0 aromatic heterocycles. The maximum absolute atomic E-state index is 10.9. The van der Waals surface area contributed by atoms with Crippen molar-refractivity contribution in [2.75, 3.05) is 6.61 Å². The number of benzene rings is 1. The highest BCUT2D eigenvalue weighted by Crippen LogP contribution is 2.49. The molecule has 0 atom stereocenters. The molecule has 88 valence electrons. The van der Waals surface area contributed by atoms with Crippen LogP contribution in [0.2, 0.25) is 5.02 Å². The molecule has 17 heavy (non-hydrogen) atoms. The first-order valence-electron chi connectivity index (χ1n) is 5.44. The molecule has 0 heterocycles. The van der Waals surface area contributed by atoms with Crippen LogP contribution in [0.3, 0.4) is 0 Å². The van der Waals surface area contributed by atoms with Crippen LogP contribution >= 0.6 is 11.6 Å². The lowest BCUT2D eigenvalue weighted by atomic mass is 10.1. The minimum atomic E-state index is -0.0198. The third-order valence-electron chi connectivity index (χ3n) is 3.06. The maximum atomic E-state index is 10.9. The van der Waals surface area contributed by atoms with Gasteiger partial charge in [-0.1, -0.05) is 17.7 Å². The Morgan fingerprint density at radius 1 is 1.53 bits per heavy atom. The molecule has 0 radical (unpaired) electrons. The maximum Gasteiger partial charge on any atom is 0.153 e. The minimum Gasteiger partial charge on any atom is -0.491 e. The van der Waals surface area contributed by atoms with Crippen LogP contribution in [0.15, 0.2) is 18.2 Å². The number of ether oxygens (including phenoxy) is 1. The van der Waals surface area contributed by atoms with Gasteiger partial charge in [-0.05, 0) is 25.0 Å². The molecule has 4 heteroatoms. The second-order valence-corrected chi connectivity index (χ2v) is 4.81. The van der Waals surface area contributed by atoms with Crippen molar-refractivity contribution < 1.29 is 9.53 Å². The molecule has 0 bridgehead atoms. The molecule has 0 spiro atoms. The highest BCUT2D eigenvalue weighted by atomic mass is 35.5. The summed E-state index contributed by atoms with van der Waals surface area (Å²) in [4.78, 5) is 10.9. The normalized spacial score (nSPS) is 16.0. The number of carbonyl (C=O) groups excluding carboxylic acids is 1. The molecule has 1 aromatic rings. The standard InChI is InChI=1S/C13H12ClNO2/c14-11-3-1-2-10(8-16)12(11)17-9-13(4-5-13)6-7-15/h1-3,8H,4-6,9H2. The molecule has 0 saturated heterocycles. The molecule has 3 nitrogen and oxygen atoms in total. The van der Waals surface area contributed by atoms with Crippen molar-refractivity contribution in [2.24, 2.45) is 5.41 Å². The van der Waals surface area contributed by atoms with Crippen molar-refractivity contribution in [3.05, 3.63) is 28.8 Å². The monoisotopic (exact) mass is 249 g/mol. The summed E-state index contributed by atoms with van der Waals surface area (Å²) in [7, 11) is 0. The Kier molecular flexibility index (Phi) is 3.35. The Morgan fingerprint density at radius 2 is 2.29 bits per heavy atom. The van der Waals surface area contributed by atoms with Crippen molar-refractivity contribution >= 4 is 17.9 Å². The van der Waals surface area contributed by atoms with Crippen LogP contribution in [0.4, 0.5) is 0 Å². The summed E-state index contributed by atoms with van der Waals surface area (Å²) in [5.74, 6) is 0.424. The zero-order chi connectivity index (χ0) is 12.3. The van der Waals surface area contributed by atoms with E-state index < -0.39 is 0 Å². The zero-order valence-electron chi connectivity index (χ0n) is 9.28. The van der Waals surface area contributed by atoms with E-state index in [4.69, 9.17) is 21.6 Å². The molecular formula is C13H12ClNO2. The molecule has 0 aliphatic heterocycles. The molecular weight excluding hydrogens is 238 g/mol. The van der Waals surface area contributed by atoms with Crippen LogP contribution in [-0.2, 0) is 0 Å². The van der Waals surface area contributed by atoms with E-state index in [2.05, 4.69) is 6.07 Å². The second kappa shape index (κ2) is 4.77. The van der Waals surface area contributed by atoms with E-state index >= 15 is 0 Å². The molecule has 1 fully saturated rings. The van der Waals surface area contributed by atoms with Crippen molar-refractivity contribution in [3.63, 3.8) is 0 Å². The van der Waals surface area contributed by atoms with Gasteiger partial charge in [-0.25, -0.2) is 0 Å². The minimum absolute atomic E-state index is 0.0198. The van der Waals surface area contributed by atoms with Crippen LogP contribution < -0.4 is 4.74 Å². The number of nitriles is 1. The van der Waals surface area contributed by atoms with Crippen LogP contribution in [0.25, 0.3) is 0 Å². The highest BCUT2D eigenvalue weighted by Gasteiger charge is 2.43. The topological polar surface area (TPSA) is 50.1 Å². The molecule has 2 rings (SSSR count). The smallest absolute Gasteiger partial charge is 0.153 e. The van der Waals surface area contributed by atoms with Gasteiger partial charge < -0.3 is 4.74 Å². The van der Waals surface area contributed by atoms with Gasteiger partial charge in [0.15, 0.2) is 6.29 Å². The first-order valence-corrected chi connectivity index (χ1v) is 5.82. The predicted molar refractivity (Wildman–Crippen MR) is 64.2 cm³/mol. The summed E-state index contributed by atoms with van der Waals surface area (Å²) >= 11 is 5.99. The van der Waals surface area contributed by atoms with Crippen LogP contribution in [0.1, 0.15) is 29.6 Å². The number of aldehydes is 1. The van der Waals surface area contributed by atoms with Crippen molar-refractivity contribution in [1.82, 2.24) is 0 Å². The number of halogens is 1. The summed E-state index contributed by atoms with van der Waals surface area (Å²) < 4.78 is 5.62. The second-order valence-electron chi connectivity index (χ2n) is 4.40. The number of para-hydroxylation sites is 1. The Balaban J connectivity index is 2.09. The number of carbonyl (C=O) groups is 1. The Hall–Kier alpha value is -1.53. The van der Waals surface area contributed by atoms with Gasteiger partial charge in [0.05, 0.1) is 23.3 Å². The fourth-order valence-electron chi connectivity index (χ4n) is 1.71. The zero-order valence-corrected chi connectivity index (χ0v) is 10.0. The lowest BCUT2D eigenvalue weighted by molar-refractivity contribution is 0.111. The Bertz CT molecular complexity index is 475. The fraction of sp³-hybridized carbons (Fsp3) is 0.385. The van der Waals surface area contributed by atoms with E-state index in [0.717, 1.165) is 19.1 Å². The van der Waals surface area contributed by atoms with Gasteiger partial charge >= 0.3 is 0 Å². The summed E-state index contributed by atoms with van der Waals surface area (Å²) in [6.07, 6.45) is 3.22. The van der Waals surface area contributed by atoms with Crippen LogP contribution in [0, 0.1) is 16.7 Å². The van der Waals surface area contributed by atoms with Crippen molar-refractivity contribution in [2.45, 2.75) is 19.3 Å².